The first-order valence-corrected chi connectivity index (χ1v) is 9.76. The number of fused-ring (bicyclic) bond motifs is 3. The Hall–Kier alpha value is -2.67. The van der Waals surface area contributed by atoms with Gasteiger partial charge in [-0.2, -0.15) is 5.10 Å². The molecule has 7 nitrogen and oxygen atoms in total. The van der Waals surface area contributed by atoms with Gasteiger partial charge < -0.3 is 16.0 Å². The summed E-state index contributed by atoms with van der Waals surface area (Å²) in [5.74, 6) is 2.25. The fourth-order valence-electron chi connectivity index (χ4n) is 4.70. The van der Waals surface area contributed by atoms with Gasteiger partial charge in [0.15, 0.2) is 5.82 Å². The van der Waals surface area contributed by atoms with Crippen molar-refractivity contribution < 1.29 is 0 Å². The summed E-state index contributed by atoms with van der Waals surface area (Å²) < 4.78 is 0. The topological polar surface area (TPSA) is 95.8 Å². The van der Waals surface area contributed by atoms with Crippen LogP contribution in [0.4, 0.5) is 17.5 Å². The van der Waals surface area contributed by atoms with Gasteiger partial charge in [-0.1, -0.05) is 6.42 Å². The lowest BCUT2D eigenvalue weighted by Gasteiger charge is -2.44. The molecule has 0 radical (unpaired) electrons. The van der Waals surface area contributed by atoms with Gasteiger partial charge in [0.1, 0.15) is 11.6 Å². The third kappa shape index (κ3) is 3.02. The highest BCUT2D eigenvalue weighted by molar-refractivity contribution is 5.93. The van der Waals surface area contributed by atoms with Crippen molar-refractivity contribution in [3.8, 4) is 0 Å². The van der Waals surface area contributed by atoms with E-state index in [1.807, 2.05) is 19.1 Å². The van der Waals surface area contributed by atoms with Crippen molar-refractivity contribution in [3.05, 3.63) is 36.2 Å². The van der Waals surface area contributed by atoms with E-state index in [1.165, 1.54) is 19.3 Å². The summed E-state index contributed by atoms with van der Waals surface area (Å²) in [5.41, 5.74) is 8.05. The monoisotopic (exact) mass is 363 g/mol. The molecule has 27 heavy (non-hydrogen) atoms. The number of nitrogens with zero attached hydrogens (tertiary/aromatic N) is 4. The fraction of sp³-hybridized carbons (Fsp3) is 0.450. The van der Waals surface area contributed by atoms with E-state index < -0.39 is 0 Å². The highest BCUT2D eigenvalue weighted by Crippen LogP contribution is 2.38. The number of hydrogen-bond acceptors (Lipinski definition) is 6. The van der Waals surface area contributed by atoms with Gasteiger partial charge >= 0.3 is 0 Å². The van der Waals surface area contributed by atoms with Crippen LogP contribution in [0.25, 0.3) is 10.9 Å². The SMILES string of the molecule is Cc1cc(N(c2nc(N)cc3ncccc23)C2C[C@H]3CCC[C@@H](C2)N3)n[nH]1. The maximum Gasteiger partial charge on any atom is 0.156 e. The van der Waals surface area contributed by atoms with E-state index in [2.05, 4.69) is 37.5 Å². The Morgan fingerprint density at radius 3 is 2.74 bits per heavy atom. The van der Waals surface area contributed by atoms with Crippen molar-refractivity contribution in [2.24, 2.45) is 0 Å². The fourth-order valence-corrected chi connectivity index (χ4v) is 4.70. The molecule has 2 aliphatic rings. The molecule has 2 saturated heterocycles. The minimum absolute atomic E-state index is 0.335. The molecule has 1 unspecified atom stereocenters. The predicted octanol–water partition coefficient (Wildman–Crippen LogP) is 3.05. The number of anilines is 3. The minimum atomic E-state index is 0.335. The Kier molecular flexibility index (Phi) is 3.97. The van der Waals surface area contributed by atoms with Gasteiger partial charge in [-0.15, -0.1) is 0 Å². The number of piperidine rings is 2. The summed E-state index contributed by atoms with van der Waals surface area (Å²) >= 11 is 0. The zero-order valence-electron chi connectivity index (χ0n) is 15.5. The summed E-state index contributed by atoms with van der Waals surface area (Å²) in [7, 11) is 0. The molecule has 0 aromatic carbocycles. The van der Waals surface area contributed by atoms with Crippen LogP contribution in [0.2, 0.25) is 0 Å². The van der Waals surface area contributed by atoms with Gasteiger partial charge in [-0.05, 0) is 44.7 Å². The van der Waals surface area contributed by atoms with Gasteiger partial charge in [0.2, 0.25) is 0 Å². The molecule has 2 aliphatic heterocycles. The number of H-pyrrole nitrogens is 1. The molecule has 5 heterocycles. The predicted molar refractivity (Wildman–Crippen MR) is 107 cm³/mol. The lowest BCUT2D eigenvalue weighted by molar-refractivity contribution is 0.221. The summed E-state index contributed by atoms with van der Waals surface area (Å²) in [6.45, 7) is 2.03. The van der Waals surface area contributed by atoms with Crippen LogP contribution in [0, 0.1) is 6.92 Å². The lowest BCUT2D eigenvalue weighted by atomic mass is 9.83. The van der Waals surface area contributed by atoms with E-state index >= 15 is 0 Å². The van der Waals surface area contributed by atoms with E-state index in [0.717, 1.165) is 41.1 Å². The van der Waals surface area contributed by atoms with Crippen LogP contribution < -0.4 is 16.0 Å². The number of aromatic nitrogens is 4. The summed E-state index contributed by atoms with van der Waals surface area (Å²) in [6.07, 6.45) is 7.77. The smallest absolute Gasteiger partial charge is 0.156 e. The van der Waals surface area contributed by atoms with Crippen molar-refractivity contribution in [2.45, 2.75) is 57.2 Å². The zero-order chi connectivity index (χ0) is 18.4. The Labute approximate surface area is 158 Å². The average Bonchev–Trinajstić information content (AvgIpc) is 3.07. The van der Waals surface area contributed by atoms with Crippen LogP contribution >= 0.6 is 0 Å². The second-order valence-corrected chi connectivity index (χ2v) is 7.84. The Morgan fingerprint density at radius 1 is 1.19 bits per heavy atom. The molecule has 0 spiro atoms. The van der Waals surface area contributed by atoms with E-state index in [9.17, 15) is 0 Å². The van der Waals surface area contributed by atoms with Crippen LogP contribution in [0.1, 0.15) is 37.8 Å². The second-order valence-electron chi connectivity index (χ2n) is 7.84. The molecule has 2 bridgehead atoms. The Bertz CT molecular complexity index is 954. The quantitative estimate of drug-likeness (QED) is 0.662. The third-order valence-corrected chi connectivity index (χ3v) is 5.82. The van der Waals surface area contributed by atoms with Crippen LogP contribution in [0.5, 0.6) is 0 Å². The number of nitrogen functional groups attached to an aromatic ring is 1. The summed E-state index contributed by atoms with van der Waals surface area (Å²) in [5, 5.41) is 12.5. The number of nitrogens with two attached hydrogens (primary N) is 1. The van der Waals surface area contributed by atoms with Crippen LogP contribution in [-0.4, -0.2) is 38.3 Å². The standard InChI is InChI=1S/C20H25N7/c1-12-8-19(26-25-12)27(15-9-13-4-2-5-14(10-15)23-13)20-16-6-3-7-22-17(16)11-18(21)24-20/h3,6-8,11,13-15,23H,2,4-5,9-10H2,1H3,(H2,21,24)(H,25,26)/t13-,14+,15?. The number of nitrogens with one attached hydrogen (secondary N) is 2. The zero-order valence-corrected chi connectivity index (χ0v) is 15.5. The van der Waals surface area contributed by atoms with E-state index in [1.54, 1.807) is 6.20 Å². The maximum absolute atomic E-state index is 6.15. The molecule has 3 atom stereocenters. The van der Waals surface area contributed by atoms with Crippen molar-refractivity contribution in [1.82, 2.24) is 25.5 Å². The normalized spacial score (nSPS) is 24.9. The molecule has 7 heteroatoms. The number of hydrogen-bond donors (Lipinski definition) is 3. The molecule has 140 valence electrons. The first-order chi connectivity index (χ1) is 13.2. The minimum Gasteiger partial charge on any atom is -0.384 e. The Balaban J connectivity index is 1.65. The molecule has 0 saturated carbocycles. The first-order valence-electron chi connectivity index (χ1n) is 9.76. The average molecular weight is 363 g/mol. The van der Waals surface area contributed by atoms with E-state index in [-0.39, 0.29) is 0 Å². The number of pyridine rings is 2. The highest BCUT2D eigenvalue weighted by atomic mass is 15.3. The second kappa shape index (κ2) is 6.49. The van der Waals surface area contributed by atoms with Gasteiger partial charge in [-0.3, -0.25) is 10.1 Å². The number of aryl methyl sites for hydroxylation is 1. The van der Waals surface area contributed by atoms with Crippen LogP contribution in [0.3, 0.4) is 0 Å². The maximum atomic E-state index is 6.15. The Morgan fingerprint density at radius 2 is 2.00 bits per heavy atom. The lowest BCUT2D eigenvalue weighted by Crippen LogP contribution is -2.54. The van der Waals surface area contributed by atoms with Gasteiger partial charge in [0.05, 0.1) is 5.52 Å². The van der Waals surface area contributed by atoms with Gasteiger partial charge in [-0.25, -0.2) is 4.98 Å². The summed E-state index contributed by atoms with van der Waals surface area (Å²) in [6, 6.07) is 9.41. The van der Waals surface area contributed by atoms with E-state index in [4.69, 9.17) is 10.7 Å². The molecule has 5 rings (SSSR count). The van der Waals surface area contributed by atoms with Crippen LogP contribution in [-0.2, 0) is 0 Å². The third-order valence-electron chi connectivity index (χ3n) is 5.82. The summed E-state index contributed by atoms with van der Waals surface area (Å²) in [4.78, 5) is 11.5. The molecule has 0 aliphatic carbocycles. The molecular weight excluding hydrogens is 338 g/mol. The molecule has 0 amide bonds. The molecule has 2 fully saturated rings. The van der Waals surface area contributed by atoms with Crippen molar-refractivity contribution in [1.29, 1.82) is 0 Å². The highest BCUT2D eigenvalue weighted by Gasteiger charge is 2.36. The van der Waals surface area contributed by atoms with Crippen molar-refractivity contribution >= 4 is 28.4 Å². The molecule has 3 aromatic heterocycles. The van der Waals surface area contributed by atoms with Gasteiger partial charge in [0.25, 0.3) is 0 Å². The molecule has 4 N–H and O–H groups in total. The molecule has 3 aromatic rings. The molecular formula is C20H25N7. The number of aromatic amines is 1. The first kappa shape index (κ1) is 16.5. The van der Waals surface area contributed by atoms with Crippen LogP contribution in [0.15, 0.2) is 30.5 Å². The largest absolute Gasteiger partial charge is 0.384 e. The van der Waals surface area contributed by atoms with Crippen molar-refractivity contribution in [2.75, 3.05) is 10.6 Å². The van der Waals surface area contributed by atoms with Crippen molar-refractivity contribution in [3.63, 3.8) is 0 Å². The van der Waals surface area contributed by atoms with Gasteiger partial charge in [0, 0.05) is 47.5 Å². The number of rotatable bonds is 3. The van der Waals surface area contributed by atoms with E-state index in [0.29, 0.717) is 23.9 Å².